The Labute approximate surface area is 119 Å². The van der Waals surface area contributed by atoms with E-state index in [1.54, 1.807) is 11.4 Å². The molecule has 1 aromatic rings. The van der Waals surface area contributed by atoms with Gasteiger partial charge in [0.25, 0.3) is 10.0 Å². The van der Waals surface area contributed by atoms with E-state index in [4.69, 9.17) is 11.6 Å². The van der Waals surface area contributed by atoms with Crippen molar-refractivity contribution in [1.29, 1.82) is 0 Å². The van der Waals surface area contributed by atoms with Gasteiger partial charge in [-0.05, 0) is 25.2 Å². The van der Waals surface area contributed by atoms with Gasteiger partial charge in [0.15, 0.2) is 0 Å². The molecule has 0 unspecified atom stereocenters. The van der Waals surface area contributed by atoms with Crippen molar-refractivity contribution in [2.45, 2.75) is 44.2 Å². The second-order valence-electron chi connectivity index (χ2n) is 5.48. The number of halogens is 1. The Hall–Kier alpha value is -0.590. The van der Waals surface area contributed by atoms with Crippen molar-refractivity contribution in [2.75, 3.05) is 6.54 Å². The number of rotatable bonds is 6. The molecule has 1 fully saturated rings. The largest absolute Gasteiger partial charge is 0.324 e. The molecule has 0 spiro atoms. The van der Waals surface area contributed by atoms with Crippen molar-refractivity contribution in [2.24, 2.45) is 13.0 Å². The Bertz CT molecular complexity index is 549. The zero-order valence-corrected chi connectivity index (χ0v) is 13.1. The zero-order chi connectivity index (χ0) is 14.2. The lowest BCUT2D eigenvalue weighted by molar-refractivity contribution is 0.372. The smallest absolute Gasteiger partial charge is 0.263 e. The predicted octanol–water partition coefficient (Wildman–Crippen LogP) is 2.27. The average Bonchev–Trinajstić information content (AvgIpc) is 3.06. The SMILES string of the molecule is CC(C)CCN(C1CC1)S(=O)(=O)c1ncn(C)c1Cl. The monoisotopic (exact) mass is 305 g/mol. The summed E-state index contributed by atoms with van der Waals surface area (Å²) in [5.74, 6) is 0.468. The maximum Gasteiger partial charge on any atom is 0.263 e. The van der Waals surface area contributed by atoms with Gasteiger partial charge in [-0.15, -0.1) is 0 Å². The van der Waals surface area contributed by atoms with Crippen molar-refractivity contribution >= 4 is 21.6 Å². The van der Waals surface area contributed by atoms with Crippen LogP contribution in [0.1, 0.15) is 33.1 Å². The van der Waals surface area contributed by atoms with Crippen LogP contribution < -0.4 is 0 Å². The second kappa shape index (κ2) is 5.42. The first-order valence-corrected chi connectivity index (χ1v) is 8.34. The zero-order valence-electron chi connectivity index (χ0n) is 11.5. The highest BCUT2D eigenvalue weighted by Crippen LogP contribution is 2.33. The van der Waals surface area contributed by atoms with Crippen LogP contribution in [0.5, 0.6) is 0 Å². The highest BCUT2D eigenvalue weighted by atomic mass is 35.5. The number of aryl methyl sites for hydroxylation is 1. The minimum atomic E-state index is -3.57. The van der Waals surface area contributed by atoms with Crippen LogP contribution in [0.25, 0.3) is 0 Å². The van der Waals surface area contributed by atoms with Gasteiger partial charge in [0.2, 0.25) is 5.03 Å². The fourth-order valence-electron chi connectivity index (χ4n) is 1.92. The molecule has 0 saturated heterocycles. The Morgan fingerprint density at radius 2 is 2.16 bits per heavy atom. The third kappa shape index (κ3) is 3.12. The van der Waals surface area contributed by atoms with Gasteiger partial charge in [-0.3, -0.25) is 0 Å². The van der Waals surface area contributed by atoms with E-state index in [1.807, 2.05) is 0 Å². The molecule has 1 aliphatic carbocycles. The summed E-state index contributed by atoms with van der Waals surface area (Å²) in [5.41, 5.74) is 0. The van der Waals surface area contributed by atoms with E-state index in [0.717, 1.165) is 19.3 Å². The van der Waals surface area contributed by atoms with Gasteiger partial charge in [-0.25, -0.2) is 13.4 Å². The molecule has 1 aliphatic rings. The minimum absolute atomic E-state index is 0.0210. The Morgan fingerprint density at radius 3 is 2.58 bits per heavy atom. The van der Waals surface area contributed by atoms with Gasteiger partial charge in [0.1, 0.15) is 5.15 Å². The molecule has 7 heteroatoms. The molecular weight excluding hydrogens is 286 g/mol. The molecule has 0 aliphatic heterocycles. The van der Waals surface area contributed by atoms with Crippen molar-refractivity contribution in [3.05, 3.63) is 11.5 Å². The highest BCUT2D eigenvalue weighted by Gasteiger charge is 2.40. The van der Waals surface area contributed by atoms with E-state index in [0.29, 0.717) is 12.5 Å². The van der Waals surface area contributed by atoms with Gasteiger partial charge in [-0.1, -0.05) is 25.4 Å². The van der Waals surface area contributed by atoms with E-state index in [1.165, 1.54) is 10.9 Å². The average molecular weight is 306 g/mol. The Kier molecular flexibility index (Phi) is 4.23. The van der Waals surface area contributed by atoms with Crippen molar-refractivity contribution in [3.63, 3.8) is 0 Å². The van der Waals surface area contributed by atoms with E-state index < -0.39 is 10.0 Å². The molecule has 1 saturated carbocycles. The van der Waals surface area contributed by atoms with Crippen LogP contribution >= 0.6 is 11.6 Å². The molecule has 0 amide bonds. The summed E-state index contributed by atoms with van der Waals surface area (Å²) in [7, 11) is -1.89. The van der Waals surface area contributed by atoms with Gasteiger partial charge < -0.3 is 4.57 Å². The molecule has 1 heterocycles. The van der Waals surface area contributed by atoms with Crippen LogP contribution in [-0.4, -0.2) is 34.9 Å². The van der Waals surface area contributed by atoms with Crippen LogP contribution in [0.15, 0.2) is 11.4 Å². The van der Waals surface area contributed by atoms with E-state index in [2.05, 4.69) is 18.8 Å². The first-order valence-electron chi connectivity index (χ1n) is 6.52. The Morgan fingerprint density at radius 1 is 1.53 bits per heavy atom. The topological polar surface area (TPSA) is 55.2 Å². The highest BCUT2D eigenvalue weighted by molar-refractivity contribution is 7.89. The predicted molar refractivity (Wildman–Crippen MR) is 74.6 cm³/mol. The third-order valence-corrected chi connectivity index (χ3v) is 5.71. The first kappa shape index (κ1) is 14.8. The number of hydrogen-bond donors (Lipinski definition) is 0. The molecule has 0 N–H and O–H groups in total. The summed E-state index contributed by atoms with van der Waals surface area (Å²) >= 11 is 6.02. The fraction of sp³-hybridized carbons (Fsp3) is 0.750. The van der Waals surface area contributed by atoms with Crippen molar-refractivity contribution in [1.82, 2.24) is 13.9 Å². The molecular formula is C12H20ClN3O2S. The normalized spacial score (nSPS) is 16.5. The van der Waals surface area contributed by atoms with Crippen LogP contribution in [0, 0.1) is 5.92 Å². The summed E-state index contributed by atoms with van der Waals surface area (Å²) in [6.07, 6.45) is 4.15. The standard InChI is InChI=1S/C12H20ClN3O2S/c1-9(2)6-7-16(10-4-5-10)19(17,18)12-11(13)15(3)8-14-12/h8-10H,4-7H2,1-3H3. The van der Waals surface area contributed by atoms with E-state index >= 15 is 0 Å². The molecule has 2 rings (SSSR count). The number of hydrogen-bond acceptors (Lipinski definition) is 3. The van der Waals surface area contributed by atoms with Crippen LogP contribution in [-0.2, 0) is 17.1 Å². The molecule has 0 atom stereocenters. The van der Waals surface area contributed by atoms with Gasteiger partial charge in [-0.2, -0.15) is 4.31 Å². The molecule has 0 aromatic carbocycles. The van der Waals surface area contributed by atoms with Crippen molar-refractivity contribution in [3.8, 4) is 0 Å². The van der Waals surface area contributed by atoms with Gasteiger partial charge in [0, 0.05) is 19.6 Å². The van der Waals surface area contributed by atoms with Gasteiger partial charge in [0.05, 0.1) is 6.33 Å². The lowest BCUT2D eigenvalue weighted by Gasteiger charge is -2.21. The van der Waals surface area contributed by atoms with Crippen LogP contribution in [0.4, 0.5) is 0 Å². The summed E-state index contributed by atoms with van der Waals surface area (Å²) in [5, 5.41) is 0.155. The molecule has 5 nitrogen and oxygen atoms in total. The lowest BCUT2D eigenvalue weighted by atomic mass is 10.1. The van der Waals surface area contributed by atoms with E-state index in [-0.39, 0.29) is 16.2 Å². The molecule has 0 bridgehead atoms. The Balaban J connectivity index is 2.27. The lowest BCUT2D eigenvalue weighted by Crippen LogP contribution is -2.35. The number of nitrogens with zero attached hydrogens (tertiary/aromatic N) is 3. The summed E-state index contributed by atoms with van der Waals surface area (Å²) in [6, 6.07) is 0.127. The second-order valence-corrected chi connectivity index (χ2v) is 7.64. The summed E-state index contributed by atoms with van der Waals surface area (Å²) in [6.45, 7) is 4.72. The van der Waals surface area contributed by atoms with Crippen molar-refractivity contribution < 1.29 is 8.42 Å². The molecule has 19 heavy (non-hydrogen) atoms. The quantitative estimate of drug-likeness (QED) is 0.810. The number of sulfonamides is 1. The molecule has 108 valence electrons. The minimum Gasteiger partial charge on any atom is -0.324 e. The fourth-order valence-corrected chi connectivity index (χ4v) is 4.02. The summed E-state index contributed by atoms with van der Waals surface area (Å²) < 4.78 is 28.3. The van der Waals surface area contributed by atoms with Crippen LogP contribution in [0.2, 0.25) is 5.15 Å². The molecule has 1 aromatic heterocycles. The number of imidazole rings is 1. The number of aromatic nitrogens is 2. The third-order valence-electron chi connectivity index (χ3n) is 3.27. The summed E-state index contributed by atoms with van der Waals surface area (Å²) in [4.78, 5) is 3.95. The maximum absolute atomic E-state index is 12.6. The first-order chi connectivity index (χ1) is 8.84. The molecule has 0 radical (unpaired) electrons. The van der Waals surface area contributed by atoms with E-state index in [9.17, 15) is 8.42 Å². The van der Waals surface area contributed by atoms with Gasteiger partial charge >= 0.3 is 0 Å². The maximum atomic E-state index is 12.6. The van der Waals surface area contributed by atoms with Crippen LogP contribution in [0.3, 0.4) is 0 Å².